The number of carbonyl (C=O) groups is 2. The number of H-pyrrole nitrogens is 1. The zero-order valence-corrected chi connectivity index (χ0v) is 11.9. The number of aliphatic carboxylic acids is 1. The number of nitrogens with one attached hydrogen (secondary N) is 1. The van der Waals surface area contributed by atoms with Crippen LogP contribution in [-0.4, -0.2) is 37.1 Å². The Labute approximate surface area is 131 Å². The quantitative estimate of drug-likeness (QED) is 0.640. The summed E-state index contributed by atoms with van der Waals surface area (Å²) in [6.45, 7) is 0. The number of hydrogen-bond acceptors (Lipinski definition) is 4. The molecule has 0 fully saturated rings. The van der Waals surface area contributed by atoms with E-state index in [9.17, 15) is 9.59 Å². The molecule has 0 aliphatic carbocycles. The zero-order valence-electron chi connectivity index (χ0n) is 11.9. The van der Waals surface area contributed by atoms with E-state index in [1.54, 1.807) is 12.3 Å². The molecule has 0 unspecified atom stereocenters. The van der Waals surface area contributed by atoms with Crippen molar-refractivity contribution in [1.82, 2.24) is 15.0 Å². The first kappa shape index (κ1) is 15.9. The van der Waals surface area contributed by atoms with Crippen LogP contribution in [0.1, 0.15) is 16.1 Å². The van der Waals surface area contributed by atoms with Crippen molar-refractivity contribution < 1.29 is 19.8 Å². The Bertz CT molecular complexity index is 841. The molecule has 0 atom stereocenters. The first-order valence-electron chi connectivity index (χ1n) is 6.54. The fourth-order valence-electron chi connectivity index (χ4n) is 1.71. The van der Waals surface area contributed by atoms with Gasteiger partial charge in [0.25, 0.3) is 0 Å². The number of aromatic carboxylic acids is 1. The molecule has 3 aromatic rings. The average Bonchev–Trinajstić information content (AvgIpc) is 3.06. The Morgan fingerprint density at radius 3 is 2.57 bits per heavy atom. The standard InChI is InChI=1S/C10H7NO2.C6H6N2O2/c12-10(13)8-5-7-3-1-2-4-9(7)11-6-8;9-6(10)2-1-5-3-7-4-8-5/h1-6H,(H,12,13);1-4H,(H,7,8)(H,9,10)/b;2-1+. The SMILES string of the molecule is O=C(O)/C=C/c1c[nH]cn1.O=C(O)c1cnc2ccccc2c1. The van der Waals surface area contributed by atoms with E-state index in [2.05, 4.69) is 15.0 Å². The number of para-hydroxylation sites is 1. The number of pyridine rings is 1. The van der Waals surface area contributed by atoms with Gasteiger partial charge in [-0.15, -0.1) is 0 Å². The van der Waals surface area contributed by atoms with Crippen LogP contribution < -0.4 is 0 Å². The summed E-state index contributed by atoms with van der Waals surface area (Å²) >= 11 is 0. The van der Waals surface area contributed by atoms with Crippen molar-refractivity contribution in [3.63, 3.8) is 0 Å². The number of nitrogens with zero attached hydrogens (tertiary/aromatic N) is 2. The van der Waals surface area contributed by atoms with Crippen LogP contribution in [0.5, 0.6) is 0 Å². The van der Waals surface area contributed by atoms with Crippen molar-refractivity contribution in [2.75, 3.05) is 0 Å². The highest BCUT2D eigenvalue weighted by atomic mass is 16.4. The lowest BCUT2D eigenvalue weighted by Crippen LogP contribution is -1.96. The summed E-state index contributed by atoms with van der Waals surface area (Å²) in [7, 11) is 0. The van der Waals surface area contributed by atoms with Gasteiger partial charge in [-0.05, 0) is 18.2 Å². The number of rotatable bonds is 3. The van der Waals surface area contributed by atoms with Gasteiger partial charge in [-0.3, -0.25) is 4.98 Å². The molecule has 2 aromatic heterocycles. The number of fused-ring (bicyclic) bond motifs is 1. The molecular formula is C16H13N3O4. The molecule has 0 spiro atoms. The van der Waals surface area contributed by atoms with Gasteiger partial charge in [0, 0.05) is 23.9 Å². The molecule has 0 bridgehead atoms. The summed E-state index contributed by atoms with van der Waals surface area (Å²) in [5, 5.41) is 17.7. The minimum absolute atomic E-state index is 0.221. The lowest BCUT2D eigenvalue weighted by molar-refractivity contribution is -0.131. The van der Waals surface area contributed by atoms with Gasteiger partial charge in [0.1, 0.15) is 0 Å². The fourth-order valence-corrected chi connectivity index (χ4v) is 1.71. The number of carboxylic acid groups (broad SMARTS) is 2. The van der Waals surface area contributed by atoms with Crippen LogP contribution in [0, 0.1) is 0 Å². The number of hydrogen-bond donors (Lipinski definition) is 3. The summed E-state index contributed by atoms with van der Waals surface area (Å²) < 4.78 is 0. The highest BCUT2D eigenvalue weighted by Crippen LogP contribution is 2.12. The average molecular weight is 311 g/mol. The lowest BCUT2D eigenvalue weighted by Gasteiger charge is -1.97. The van der Waals surface area contributed by atoms with E-state index in [1.165, 1.54) is 18.6 Å². The molecule has 3 N–H and O–H groups in total. The normalized spacial score (nSPS) is 10.3. The molecule has 0 aliphatic rings. The highest BCUT2D eigenvalue weighted by molar-refractivity contribution is 5.92. The maximum absolute atomic E-state index is 10.6. The van der Waals surface area contributed by atoms with Crippen LogP contribution in [0.3, 0.4) is 0 Å². The van der Waals surface area contributed by atoms with Gasteiger partial charge in [0.2, 0.25) is 0 Å². The van der Waals surface area contributed by atoms with Crippen molar-refractivity contribution in [3.8, 4) is 0 Å². The Kier molecular flexibility index (Phi) is 5.19. The Balaban J connectivity index is 0.000000174. The number of aromatic amines is 1. The third-order valence-electron chi connectivity index (χ3n) is 2.75. The van der Waals surface area contributed by atoms with Crippen LogP contribution in [0.15, 0.2) is 55.1 Å². The minimum atomic E-state index is -0.969. The van der Waals surface area contributed by atoms with E-state index < -0.39 is 11.9 Å². The largest absolute Gasteiger partial charge is 0.478 e. The second-order valence-corrected chi connectivity index (χ2v) is 4.39. The topological polar surface area (TPSA) is 116 Å². The Morgan fingerprint density at radius 2 is 1.91 bits per heavy atom. The molecule has 3 rings (SSSR count). The van der Waals surface area contributed by atoms with E-state index >= 15 is 0 Å². The van der Waals surface area contributed by atoms with E-state index in [-0.39, 0.29) is 5.56 Å². The second-order valence-electron chi connectivity index (χ2n) is 4.39. The van der Waals surface area contributed by atoms with E-state index in [4.69, 9.17) is 10.2 Å². The molecule has 7 nitrogen and oxygen atoms in total. The van der Waals surface area contributed by atoms with Gasteiger partial charge in [-0.1, -0.05) is 18.2 Å². The first-order valence-corrected chi connectivity index (χ1v) is 6.54. The summed E-state index contributed by atoms with van der Waals surface area (Å²) in [4.78, 5) is 31.1. The van der Waals surface area contributed by atoms with Gasteiger partial charge >= 0.3 is 11.9 Å². The van der Waals surface area contributed by atoms with Crippen LogP contribution in [0.4, 0.5) is 0 Å². The predicted molar refractivity (Wildman–Crippen MR) is 84.0 cm³/mol. The van der Waals surface area contributed by atoms with Crippen molar-refractivity contribution in [3.05, 3.63) is 66.4 Å². The summed E-state index contributed by atoms with van der Waals surface area (Å²) in [5.74, 6) is -1.92. The molecule has 2 heterocycles. The van der Waals surface area contributed by atoms with Crippen molar-refractivity contribution in [1.29, 1.82) is 0 Å². The van der Waals surface area contributed by atoms with E-state index in [1.807, 2.05) is 24.3 Å². The van der Waals surface area contributed by atoms with Crippen molar-refractivity contribution >= 4 is 28.9 Å². The smallest absolute Gasteiger partial charge is 0.337 e. The van der Waals surface area contributed by atoms with Crippen LogP contribution in [-0.2, 0) is 4.79 Å². The van der Waals surface area contributed by atoms with Gasteiger partial charge in [0.05, 0.1) is 23.1 Å². The Hall–Kier alpha value is -3.48. The molecule has 0 amide bonds. The molecule has 1 aromatic carbocycles. The van der Waals surface area contributed by atoms with Gasteiger partial charge in [0.15, 0.2) is 0 Å². The van der Waals surface area contributed by atoms with Crippen LogP contribution >= 0.6 is 0 Å². The first-order chi connectivity index (χ1) is 11.1. The molecule has 0 saturated carbocycles. The molecule has 0 radical (unpaired) electrons. The monoisotopic (exact) mass is 311 g/mol. The maximum Gasteiger partial charge on any atom is 0.337 e. The fraction of sp³-hybridized carbons (Fsp3) is 0. The zero-order chi connectivity index (χ0) is 16.7. The van der Waals surface area contributed by atoms with Gasteiger partial charge in [-0.2, -0.15) is 0 Å². The lowest BCUT2D eigenvalue weighted by atomic mass is 10.2. The van der Waals surface area contributed by atoms with E-state index in [0.29, 0.717) is 5.69 Å². The highest BCUT2D eigenvalue weighted by Gasteiger charge is 2.03. The van der Waals surface area contributed by atoms with Crippen LogP contribution in [0.2, 0.25) is 0 Å². The third kappa shape index (κ3) is 4.78. The molecule has 0 aliphatic heterocycles. The van der Waals surface area contributed by atoms with Gasteiger partial charge < -0.3 is 15.2 Å². The molecule has 116 valence electrons. The summed E-state index contributed by atoms with van der Waals surface area (Å²) in [6, 6.07) is 9.03. The minimum Gasteiger partial charge on any atom is -0.478 e. The molecule has 7 heteroatoms. The second kappa shape index (κ2) is 7.51. The third-order valence-corrected chi connectivity index (χ3v) is 2.75. The number of aromatic nitrogens is 3. The number of benzene rings is 1. The van der Waals surface area contributed by atoms with Crippen molar-refractivity contribution in [2.24, 2.45) is 0 Å². The predicted octanol–water partition coefficient (Wildman–Crippen LogP) is 2.44. The number of carboxylic acids is 2. The number of imidazole rings is 1. The molecule has 0 saturated heterocycles. The van der Waals surface area contributed by atoms with Crippen LogP contribution in [0.25, 0.3) is 17.0 Å². The van der Waals surface area contributed by atoms with Crippen molar-refractivity contribution in [2.45, 2.75) is 0 Å². The Morgan fingerprint density at radius 1 is 1.13 bits per heavy atom. The molecular weight excluding hydrogens is 298 g/mol. The summed E-state index contributed by atoms with van der Waals surface area (Å²) in [5.41, 5.74) is 1.65. The molecule has 23 heavy (non-hydrogen) atoms. The maximum atomic E-state index is 10.6. The van der Waals surface area contributed by atoms with Gasteiger partial charge in [-0.25, -0.2) is 14.6 Å². The summed E-state index contributed by atoms with van der Waals surface area (Å²) in [6.07, 6.45) is 6.92. The van der Waals surface area contributed by atoms with E-state index in [0.717, 1.165) is 17.0 Å².